The molecule has 3 aromatic rings. The number of amides is 2. The third-order valence-electron chi connectivity index (χ3n) is 3.85. The molecule has 2 amide bonds. The van der Waals surface area contributed by atoms with Gasteiger partial charge in [-0.05, 0) is 12.3 Å². The van der Waals surface area contributed by atoms with Gasteiger partial charge in [0.25, 0.3) is 0 Å². The van der Waals surface area contributed by atoms with Crippen LogP contribution in [0.3, 0.4) is 0 Å². The van der Waals surface area contributed by atoms with E-state index in [1.165, 1.54) is 18.1 Å². The van der Waals surface area contributed by atoms with Crippen molar-refractivity contribution < 1.29 is 18.6 Å². The molecule has 160 valence electrons. The first-order valence-electron chi connectivity index (χ1n) is 9.02. The van der Waals surface area contributed by atoms with E-state index in [0.29, 0.717) is 17.4 Å². The number of nitrogens with zero attached hydrogens (tertiary/aromatic N) is 5. The average Bonchev–Trinajstić information content (AvgIpc) is 3.40. The fourth-order valence-corrected chi connectivity index (χ4v) is 3.08. The minimum Gasteiger partial charge on any atom is -0.360 e. The fourth-order valence-electron chi connectivity index (χ4n) is 2.45. The Morgan fingerprint density at radius 3 is 2.60 bits per heavy atom. The highest BCUT2D eigenvalue weighted by Crippen LogP contribution is 2.32. The highest BCUT2D eigenvalue weighted by atomic mass is 32.2. The van der Waals surface area contributed by atoms with Crippen LogP contribution in [0.25, 0.3) is 11.6 Å². The standard InChI is InChI=1S/C17H22N8O4S/c1-9-5-10(24-28-9)20-11(26)6-30-7-12(27)21-13(17(2,3)4)16-22-15(25-29-16)14-18-8-19-23-14/h5,8,13H,6-7H2,1-4H3,(H,21,27)(H,18,19,23)(H,20,24,26)/t13-/m0/s1. The van der Waals surface area contributed by atoms with Crippen LogP contribution >= 0.6 is 11.8 Å². The zero-order valence-corrected chi connectivity index (χ0v) is 17.7. The molecule has 0 aliphatic heterocycles. The van der Waals surface area contributed by atoms with Crippen LogP contribution in [0.15, 0.2) is 21.4 Å². The Morgan fingerprint density at radius 2 is 1.97 bits per heavy atom. The van der Waals surface area contributed by atoms with E-state index < -0.39 is 11.5 Å². The molecule has 0 bridgehead atoms. The van der Waals surface area contributed by atoms with Gasteiger partial charge in [-0.2, -0.15) is 10.1 Å². The van der Waals surface area contributed by atoms with Gasteiger partial charge in [-0.3, -0.25) is 14.7 Å². The second-order valence-electron chi connectivity index (χ2n) is 7.52. The molecular formula is C17H22N8O4S. The van der Waals surface area contributed by atoms with Gasteiger partial charge in [-0.15, -0.1) is 11.8 Å². The molecule has 0 aromatic carbocycles. The monoisotopic (exact) mass is 434 g/mol. The molecule has 0 aliphatic rings. The number of carbonyl (C=O) groups excluding carboxylic acids is 2. The number of rotatable bonds is 8. The summed E-state index contributed by atoms with van der Waals surface area (Å²) >= 11 is 1.17. The number of aryl methyl sites for hydroxylation is 1. The number of H-pyrrole nitrogens is 1. The predicted molar refractivity (Wildman–Crippen MR) is 107 cm³/mol. The number of thioether (sulfide) groups is 1. The van der Waals surface area contributed by atoms with E-state index in [9.17, 15) is 9.59 Å². The maximum Gasteiger partial charge on any atom is 0.250 e. The van der Waals surface area contributed by atoms with Crippen LogP contribution in [0.2, 0.25) is 0 Å². The second kappa shape index (κ2) is 9.07. The number of anilines is 1. The van der Waals surface area contributed by atoms with E-state index in [2.05, 4.69) is 41.1 Å². The fraction of sp³-hybridized carbons (Fsp3) is 0.471. The molecule has 0 spiro atoms. The lowest BCUT2D eigenvalue weighted by molar-refractivity contribution is -0.120. The molecule has 3 heterocycles. The molecule has 0 saturated heterocycles. The third-order valence-corrected chi connectivity index (χ3v) is 4.78. The summed E-state index contributed by atoms with van der Waals surface area (Å²) in [4.78, 5) is 32.7. The van der Waals surface area contributed by atoms with Crippen molar-refractivity contribution in [1.82, 2.24) is 35.8 Å². The first kappa shape index (κ1) is 21.5. The molecule has 3 rings (SSSR count). The number of hydrogen-bond acceptors (Lipinski definition) is 10. The molecule has 13 heteroatoms. The zero-order chi connectivity index (χ0) is 21.7. The molecule has 12 nitrogen and oxygen atoms in total. The van der Waals surface area contributed by atoms with Gasteiger partial charge >= 0.3 is 0 Å². The first-order chi connectivity index (χ1) is 14.2. The van der Waals surface area contributed by atoms with E-state index in [1.54, 1.807) is 13.0 Å². The lowest BCUT2D eigenvalue weighted by Crippen LogP contribution is -2.38. The summed E-state index contributed by atoms with van der Waals surface area (Å²) in [5, 5.41) is 19.5. The molecule has 0 radical (unpaired) electrons. The van der Waals surface area contributed by atoms with Crippen molar-refractivity contribution in [2.45, 2.75) is 33.7 Å². The van der Waals surface area contributed by atoms with Crippen LogP contribution in [-0.4, -0.2) is 53.8 Å². The Bertz CT molecular complexity index is 992. The van der Waals surface area contributed by atoms with E-state index in [4.69, 9.17) is 9.05 Å². The summed E-state index contributed by atoms with van der Waals surface area (Å²) in [6.45, 7) is 7.55. The predicted octanol–water partition coefficient (Wildman–Crippen LogP) is 1.73. The van der Waals surface area contributed by atoms with Crippen molar-refractivity contribution in [3.8, 4) is 11.6 Å². The van der Waals surface area contributed by atoms with Crippen LogP contribution in [-0.2, 0) is 9.59 Å². The smallest absolute Gasteiger partial charge is 0.250 e. The van der Waals surface area contributed by atoms with Crippen molar-refractivity contribution in [2.24, 2.45) is 5.41 Å². The average molecular weight is 434 g/mol. The molecule has 1 atom stereocenters. The molecular weight excluding hydrogens is 412 g/mol. The maximum absolute atomic E-state index is 12.4. The van der Waals surface area contributed by atoms with Crippen LogP contribution in [0, 0.1) is 12.3 Å². The van der Waals surface area contributed by atoms with Gasteiger partial charge in [0, 0.05) is 6.07 Å². The largest absolute Gasteiger partial charge is 0.360 e. The van der Waals surface area contributed by atoms with Gasteiger partial charge in [0.2, 0.25) is 23.5 Å². The lowest BCUT2D eigenvalue weighted by Gasteiger charge is -2.28. The van der Waals surface area contributed by atoms with Gasteiger partial charge in [0.15, 0.2) is 11.6 Å². The minimum atomic E-state index is -0.526. The molecule has 3 N–H and O–H groups in total. The van der Waals surface area contributed by atoms with Crippen molar-refractivity contribution in [3.05, 3.63) is 24.0 Å². The van der Waals surface area contributed by atoms with Gasteiger partial charge in [0.05, 0.1) is 11.5 Å². The molecule has 3 aromatic heterocycles. The molecule has 0 fully saturated rings. The Balaban J connectivity index is 1.53. The zero-order valence-electron chi connectivity index (χ0n) is 16.9. The van der Waals surface area contributed by atoms with E-state index in [1.807, 2.05) is 20.8 Å². The van der Waals surface area contributed by atoms with Crippen molar-refractivity contribution >= 4 is 29.4 Å². The van der Waals surface area contributed by atoms with Gasteiger partial charge in [-0.25, -0.2) is 4.98 Å². The lowest BCUT2D eigenvalue weighted by atomic mass is 9.86. The van der Waals surface area contributed by atoms with Crippen LogP contribution in [0.1, 0.15) is 38.5 Å². The Hall–Kier alpha value is -3.22. The molecule has 0 unspecified atom stereocenters. The van der Waals surface area contributed by atoms with Gasteiger partial charge in [-0.1, -0.05) is 31.1 Å². The van der Waals surface area contributed by atoms with Gasteiger partial charge < -0.3 is 19.7 Å². The van der Waals surface area contributed by atoms with E-state index in [0.717, 1.165) is 0 Å². The summed E-state index contributed by atoms with van der Waals surface area (Å²) in [5.74, 6) is 1.45. The van der Waals surface area contributed by atoms with Crippen LogP contribution < -0.4 is 10.6 Å². The highest BCUT2D eigenvalue weighted by Gasteiger charge is 2.33. The summed E-state index contributed by atoms with van der Waals surface area (Å²) in [6.07, 6.45) is 1.34. The Labute approximate surface area is 176 Å². The van der Waals surface area contributed by atoms with Gasteiger partial charge in [0.1, 0.15) is 18.1 Å². The summed E-state index contributed by atoms with van der Waals surface area (Å²) in [6, 6.07) is 1.09. The topological polar surface area (TPSA) is 165 Å². The quantitative estimate of drug-likeness (QED) is 0.475. The first-order valence-corrected chi connectivity index (χ1v) is 10.2. The molecule has 30 heavy (non-hydrogen) atoms. The van der Waals surface area contributed by atoms with Crippen molar-refractivity contribution in [2.75, 3.05) is 16.8 Å². The summed E-state index contributed by atoms with van der Waals surface area (Å²) < 4.78 is 10.2. The third kappa shape index (κ3) is 5.65. The SMILES string of the molecule is Cc1cc(NC(=O)CSCC(=O)N[C@@H](c2nc(-c3ncn[nH]3)no2)C(C)(C)C)no1. The van der Waals surface area contributed by atoms with Crippen molar-refractivity contribution in [3.63, 3.8) is 0 Å². The molecule has 0 saturated carbocycles. The minimum absolute atomic E-state index is 0.0843. The van der Waals surface area contributed by atoms with Crippen molar-refractivity contribution in [1.29, 1.82) is 0 Å². The maximum atomic E-state index is 12.4. The molecule has 0 aliphatic carbocycles. The van der Waals surface area contributed by atoms with Crippen LogP contribution in [0.5, 0.6) is 0 Å². The van der Waals surface area contributed by atoms with Crippen LogP contribution in [0.4, 0.5) is 5.82 Å². The summed E-state index contributed by atoms with van der Waals surface area (Å²) in [7, 11) is 0. The number of hydrogen-bond donors (Lipinski definition) is 3. The number of carbonyl (C=O) groups is 2. The normalized spacial score (nSPS) is 12.5. The van der Waals surface area contributed by atoms with E-state index in [-0.39, 0.29) is 35.0 Å². The number of nitrogens with one attached hydrogen (secondary N) is 3. The van der Waals surface area contributed by atoms with E-state index >= 15 is 0 Å². The Morgan fingerprint density at radius 1 is 1.20 bits per heavy atom. The Kier molecular flexibility index (Phi) is 6.50. The number of aromatic amines is 1. The summed E-state index contributed by atoms with van der Waals surface area (Å²) in [5.41, 5.74) is -0.395. The highest BCUT2D eigenvalue weighted by molar-refractivity contribution is 8.00. The number of aromatic nitrogens is 6. The second-order valence-corrected chi connectivity index (χ2v) is 8.51.